The first kappa shape index (κ1) is 20.6. The molecule has 31 heavy (non-hydrogen) atoms. The molecular formula is C24H31N3O4. The summed E-state index contributed by atoms with van der Waals surface area (Å²) in [7, 11) is 1.84. The van der Waals surface area contributed by atoms with Crippen molar-refractivity contribution in [1.29, 1.82) is 0 Å². The number of amides is 3. The van der Waals surface area contributed by atoms with Crippen LogP contribution in [-0.2, 0) is 19.2 Å². The van der Waals surface area contributed by atoms with Crippen LogP contribution < -0.4 is 4.90 Å². The molecule has 0 aromatic heterocycles. The molecule has 5 rings (SSSR count). The number of carbonyl (C=O) groups excluding carboxylic acids is 3. The van der Waals surface area contributed by atoms with E-state index in [1.54, 1.807) is 11.1 Å². The predicted molar refractivity (Wildman–Crippen MR) is 115 cm³/mol. The number of aryl methyl sites for hydroxylation is 1. The summed E-state index contributed by atoms with van der Waals surface area (Å²) in [4.78, 5) is 49.7. The number of fused-ring (bicyclic) bond motifs is 4. The first-order chi connectivity index (χ1) is 14.7. The zero-order valence-electron chi connectivity index (χ0n) is 18.9. The van der Waals surface area contributed by atoms with E-state index in [0.717, 1.165) is 24.8 Å². The quantitative estimate of drug-likeness (QED) is 0.682. The van der Waals surface area contributed by atoms with Crippen molar-refractivity contribution in [3.63, 3.8) is 0 Å². The predicted octanol–water partition coefficient (Wildman–Crippen LogP) is 2.73. The molecule has 1 aliphatic carbocycles. The van der Waals surface area contributed by atoms with E-state index in [0.29, 0.717) is 17.5 Å². The molecule has 6 atom stereocenters. The molecule has 4 fully saturated rings. The maximum Gasteiger partial charge on any atom is 0.265 e. The number of hydrogen-bond acceptors (Lipinski definition) is 5. The number of nitrogens with zero attached hydrogens (tertiary/aromatic N) is 3. The average molecular weight is 426 g/mol. The van der Waals surface area contributed by atoms with Crippen molar-refractivity contribution < 1.29 is 19.2 Å². The molecule has 0 N–H and O–H groups in total. The largest absolute Gasteiger partial charge is 0.323 e. The van der Waals surface area contributed by atoms with Gasteiger partial charge in [-0.25, -0.2) is 4.90 Å². The SMILES string of the molecule is Cc1cccc(N2C(=O)[C@H]3[C@H](ON4[C@@H]3C(=O)N(C)[C@@]43C[C@H](C)CC[C@H]3C(C)C)C2=O)c1. The Morgan fingerprint density at radius 3 is 2.52 bits per heavy atom. The van der Waals surface area contributed by atoms with E-state index in [4.69, 9.17) is 4.84 Å². The molecule has 3 heterocycles. The number of rotatable bonds is 2. The molecule has 3 aliphatic heterocycles. The van der Waals surface area contributed by atoms with E-state index in [-0.39, 0.29) is 23.6 Å². The maximum atomic E-state index is 13.5. The fourth-order valence-electron chi connectivity index (χ4n) is 6.53. The van der Waals surface area contributed by atoms with Crippen LogP contribution in [0.4, 0.5) is 5.69 Å². The molecule has 0 radical (unpaired) electrons. The lowest BCUT2D eigenvalue weighted by Crippen LogP contribution is -2.62. The van der Waals surface area contributed by atoms with Crippen LogP contribution in [0.2, 0.25) is 0 Å². The van der Waals surface area contributed by atoms with Crippen molar-refractivity contribution in [2.45, 2.75) is 64.8 Å². The third-order valence-electron chi connectivity index (χ3n) is 7.94. The van der Waals surface area contributed by atoms with E-state index < -0.39 is 23.7 Å². The minimum atomic E-state index is -0.933. The molecule has 7 heteroatoms. The van der Waals surface area contributed by atoms with Crippen LogP contribution in [-0.4, -0.2) is 52.5 Å². The molecule has 0 bridgehead atoms. The van der Waals surface area contributed by atoms with Gasteiger partial charge in [-0.1, -0.05) is 39.3 Å². The van der Waals surface area contributed by atoms with Gasteiger partial charge in [0, 0.05) is 13.0 Å². The van der Waals surface area contributed by atoms with E-state index in [9.17, 15) is 14.4 Å². The highest BCUT2D eigenvalue weighted by Gasteiger charge is 2.72. The van der Waals surface area contributed by atoms with Gasteiger partial charge in [-0.15, -0.1) is 5.06 Å². The van der Waals surface area contributed by atoms with Crippen LogP contribution in [0.3, 0.4) is 0 Å². The van der Waals surface area contributed by atoms with Gasteiger partial charge >= 0.3 is 0 Å². The monoisotopic (exact) mass is 425 g/mol. The van der Waals surface area contributed by atoms with E-state index in [1.807, 2.05) is 37.1 Å². The summed E-state index contributed by atoms with van der Waals surface area (Å²) in [5.74, 6) is -0.613. The van der Waals surface area contributed by atoms with Gasteiger partial charge in [0.25, 0.3) is 5.91 Å². The third-order valence-corrected chi connectivity index (χ3v) is 7.94. The third kappa shape index (κ3) is 2.62. The summed E-state index contributed by atoms with van der Waals surface area (Å²) < 4.78 is 0. The zero-order chi connectivity index (χ0) is 22.2. The summed E-state index contributed by atoms with van der Waals surface area (Å²) in [6.07, 6.45) is 1.96. The van der Waals surface area contributed by atoms with Crippen LogP contribution in [0.15, 0.2) is 24.3 Å². The molecule has 7 nitrogen and oxygen atoms in total. The number of hydroxylamine groups is 2. The fourth-order valence-corrected chi connectivity index (χ4v) is 6.53. The molecular weight excluding hydrogens is 394 g/mol. The topological polar surface area (TPSA) is 70.2 Å². The highest BCUT2D eigenvalue weighted by molar-refractivity contribution is 6.24. The molecule has 3 amide bonds. The maximum absolute atomic E-state index is 13.5. The minimum absolute atomic E-state index is 0.112. The lowest BCUT2D eigenvalue weighted by molar-refractivity contribution is -0.260. The van der Waals surface area contributed by atoms with Crippen molar-refractivity contribution in [2.75, 3.05) is 11.9 Å². The van der Waals surface area contributed by atoms with Crippen molar-refractivity contribution in [1.82, 2.24) is 9.96 Å². The Balaban J connectivity index is 1.55. The van der Waals surface area contributed by atoms with Crippen molar-refractivity contribution >= 4 is 23.4 Å². The molecule has 166 valence electrons. The van der Waals surface area contributed by atoms with Crippen LogP contribution in [0.1, 0.15) is 45.6 Å². The standard InChI is InChI=1S/C24H31N3O4/c1-13(2)17-10-9-15(4)12-24(17)25(5)22(29)19-18-20(31-27(19)24)23(30)26(21(18)28)16-8-6-7-14(3)11-16/h6-8,11,13,15,17-20H,9-10,12H2,1-5H3/t15-,17+,18-,19+,20+,24+/m1/s1. The zero-order valence-corrected chi connectivity index (χ0v) is 18.9. The Kier molecular flexibility index (Phi) is 4.58. The van der Waals surface area contributed by atoms with E-state index in [2.05, 4.69) is 20.8 Å². The highest BCUT2D eigenvalue weighted by Crippen LogP contribution is 2.55. The Morgan fingerprint density at radius 2 is 1.84 bits per heavy atom. The van der Waals surface area contributed by atoms with Crippen molar-refractivity contribution in [3.05, 3.63) is 29.8 Å². The molecule has 3 saturated heterocycles. The second-order valence-corrected chi connectivity index (χ2v) is 10.2. The Bertz CT molecular complexity index is 962. The Labute approximate surface area is 183 Å². The van der Waals surface area contributed by atoms with Crippen LogP contribution in [0.25, 0.3) is 0 Å². The second kappa shape index (κ2) is 6.87. The van der Waals surface area contributed by atoms with Gasteiger partial charge < -0.3 is 4.90 Å². The summed E-state index contributed by atoms with van der Waals surface area (Å²) in [5, 5.41) is 1.77. The van der Waals surface area contributed by atoms with Gasteiger partial charge in [-0.2, -0.15) is 0 Å². The van der Waals surface area contributed by atoms with E-state index in [1.165, 1.54) is 4.90 Å². The highest BCUT2D eigenvalue weighted by atomic mass is 16.7. The van der Waals surface area contributed by atoms with Gasteiger partial charge in [-0.05, 0) is 49.3 Å². The average Bonchev–Trinajstić information content (AvgIpc) is 3.28. The molecule has 1 saturated carbocycles. The smallest absolute Gasteiger partial charge is 0.265 e. The summed E-state index contributed by atoms with van der Waals surface area (Å²) >= 11 is 0. The van der Waals surface area contributed by atoms with Crippen LogP contribution in [0.5, 0.6) is 0 Å². The molecule has 1 aromatic carbocycles. The van der Waals surface area contributed by atoms with Gasteiger partial charge in [0.15, 0.2) is 6.10 Å². The van der Waals surface area contributed by atoms with Gasteiger partial charge in [0.05, 0.1) is 5.69 Å². The summed E-state index contributed by atoms with van der Waals surface area (Å²) in [5.41, 5.74) is 0.899. The number of anilines is 1. The van der Waals surface area contributed by atoms with Gasteiger partial charge in [0.2, 0.25) is 11.8 Å². The van der Waals surface area contributed by atoms with Crippen LogP contribution >= 0.6 is 0 Å². The number of likely N-dealkylation sites (N-methyl/N-ethyl adjacent to an activating group) is 1. The second-order valence-electron chi connectivity index (χ2n) is 10.2. The Morgan fingerprint density at radius 1 is 1.10 bits per heavy atom. The normalized spacial score (nSPS) is 38.0. The van der Waals surface area contributed by atoms with E-state index >= 15 is 0 Å². The van der Waals surface area contributed by atoms with Crippen LogP contribution in [0, 0.1) is 30.6 Å². The van der Waals surface area contributed by atoms with Gasteiger partial charge in [-0.3, -0.25) is 19.2 Å². The molecule has 1 spiro atoms. The first-order valence-electron chi connectivity index (χ1n) is 11.4. The van der Waals surface area contributed by atoms with Crippen molar-refractivity contribution in [3.8, 4) is 0 Å². The number of carbonyl (C=O) groups is 3. The van der Waals surface area contributed by atoms with Crippen molar-refractivity contribution in [2.24, 2.45) is 23.7 Å². The number of hydrogen-bond donors (Lipinski definition) is 0. The fraction of sp³-hybridized carbons (Fsp3) is 0.625. The number of imide groups is 1. The lowest BCUT2D eigenvalue weighted by atomic mass is 9.69. The first-order valence-corrected chi connectivity index (χ1v) is 11.4. The van der Waals surface area contributed by atoms with Gasteiger partial charge in [0.1, 0.15) is 17.6 Å². The molecule has 4 aliphatic rings. The molecule has 0 unspecified atom stereocenters. The number of benzene rings is 1. The Hall–Kier alpha value is -2.25. The summed E-state index contributed by atoms with van der Waals surface area (Å²) in [6.45, 7) is 8.49. The lowest BCUT2D eigenvalue weighted by Gasteiger charge is -2.52. The minimum Gasteiger partial charge on any atom is -0.323 e. The molecule has 1 aromatic rings. The summed E-state index contributed by atoms with van der Waals surface area (Å²) in [6, 6.07) is 6.57.